The summed E-state index contributed by atoms with van der Waals surface area (Å²) < 4.78 is 10.4. The first kappa shape index (κ1) is 18.8. The molecule has 0 saturated heterocycles. The molecule has 0 aliphatic heterocycles. The molecule has 0 spiro atoms. The van der Waals surface area contributed by atoms with Crippen molar-refractivity contribution in [2.24, 2.45) is 0 Å². The number of carbonyl (C=O) groups excluding carboxylic acids is 2. The van der Waals surface area contributed by atoms with E-state index in [2.05, 4.69) is 0 Å². The SMILES string of the molecule is O=C(COc1ccc([N+](=O)[O-])cc1)Oc1ccc(C(=O)c2ccccc2)cc1. The van der Waals surface area contributed by atoms with Crippen molar-refractivity contribution in [3.05, 3.63) is 100 Å². The number of rotatable bonds is 7. The van der Waals surface area contributed by atoms with Gasteiger partial charge in [-0.25, -0.2) is 4.79 Å². The highest BCUT2D eigenvalue weighted by Crippen LogP contribution is 2.18. The van der Waals surface area contributed by atoms with Crippen LogP contribution in [0.3, 0.4) is 0 Å². The molecule has 3 aromatic carbocycles. The fraction of sp³-hybridized carbons (Fsp3) is 0.0476. The molecule has 0 fully saturated rings. The van der Waals surface area contributed by atoms with Gasteiger partial charge in [0.05, 0.1) is 4.92 Å². The molecule has 0 heterocycles. The number of ketones is 1. The Morgan fingerprint density at radius 2 is 1.36 bits per heavy atom. The van der Waals surface area contributed by atoms with Gasteiger partial charge in [0.25, 0.3) is 5.69 Å². The Bertz CT molecular complexity index is 982. The van der Waals surface area contributed by atoms with E-state index in [-0.39, 0.29) is 23.8 Å². The molecule has 140 valence electrons. The molecule has 3 rings (SSSR count). The Labute approximate surface area is 160 Å². The van der Waals surface area contributed by atoms with Crippen LogP contribution in [0.25, 0.3) is 0 Å². The summed E-state index contributed by atoms with van der Waals surface area (Å²) in [6.45, 7) is -0.359. The van der Waals surface area contributed by atoms with Gasteiger partial charge in [0, 0.05) is 23.3 Å². The highest BCUT2D eigenvalue weighted by atomic mass is 16.6. The lowest BCUT2D eigenvalue weighted by Gasteiger charge is -2.07. The summed E-state index contributed by atoms with van der Waals surface area (Å²) in [6, 6.07) is 20.4. The van der Waals surface area contributed by atoms with E-state index in [0.717, 1.165) is 0 Å². The fourth-order valence-electron chi connectivity index (χ4n) is 2.40. The van der Waals surface area contributed by atoms with E-state index < -0.39 is 10.9 Å². The second kappa shape index (κ2) is 8.59. The van der Waals surface area contributed by atoms with Crippen LogP contribution in [0.15, 0.2) is 78.9 Å². The van der Waals surface area contributed by atoms with Gasteiger partial charge in [-0.05, 0) is 36.4 Å². The first-order chi connectivity index (χ1) is 13.5. The molecule has 7 nitrogen and oxygen atoms in total. The van der Waals surface area contributed by atoms with Crippen LogP contribution < -0.4 is 9.47 Å². The third-order valence-corrected chi connectivity index (χ3v) is 3.79. The lowest BCUT2D eigenvalue weighted by Crippen LogP contribution is -2.17. The number of ether oxygens (including phenoxy) is 2. The van der Waals surface area contributed by atoms with Crippen LogP contribution in [0.4, 0.5) is 5.69 Å². The summed E-state index contributed by atoms with van der Waals surface area (Å²) in [5.74, 6) is -0.172. The van der Waals surface area contributed by atoms with Gasteiger partial charge in [0.1, 0.15) is 11.5 Å². The molecule has 0 aliphatic rings. The number of esters is 1. The Kier molecular flexibility index (Phi) is 5.76. The minimum absolute atomic E-state index is 0.0694. The van der Waals surface area contributed by atoms with Crippen molar-refractivity contribution < 1.29 is 24.0 Å². The number of nitro groups is 1. The Morgan fingerprint density at radius 3 is 1.96 bits per heavy atom. The van der Waals surface area contributed by atoms with Crippen LogP contribution in [0.5, 0.6) is 11.5 Å². The second-order valence-electron chi connectivity index (χ2n) is 5.73. The number of nitrogens with zero attached hydrogens (tertiary/aromatic N) is 1. The summed E-state index contributed by atoms with van der Waals surface area (Å²) in [7, 11) is 0. The molecule has 0 aromatic heterocycles. The van der Waals surface area contributed by atoms with E-state index in [4.69, 9.17) is 9.47 Å². The van der Waals surface area contributed by atoms with Crippen molar-refractivity contribution in [3.8, 4) is 11.5 Å². The van der Waals surface area contributed by atoms with Gasteiger partial charge in [-0.1, -0.05) is 30.3 Å². The molecular formula is C21H15NO6. The largest absolute Gasteiger partial charge is 0.482 e. The molecule has 0 aliphatic carbocycles. The highest BCUT2D eigenvalue weighted by molar-refractivity contribution is 6.09. The minimum atomic E-state index is -0.638. The second-order valence-corrected chi connectivity index (χ2v) is 5.73. The number of hydrogen-bond donors (Lipinski definition) is 0. The predicted octanol–water partition coefficient (Wildman–Crippen LogP) is 3.81. The van der Waals surface area contributed by atoms with Crippen LogP contribution in [0, 0.1) is 10.1 Å². The van der Waals surface area contributed by atoms with Crippen LogP contribution >= 0.6 is 0 Å². The minimum Gasteiger partial charge on any atom is -0.482 e. The summed E-state index contributed by atoms with van der Waals surface area (Å²) in [6.07, 6.45) is 0. The number of benzene rings is 3. The predicted molar refractivity (Wildman–Crippen MR) is 101 cm³/mol. The lowest BCUT2D eigenvalue weighted by molar-refractivity contribution is -0.384. The van der Waals surface area contributed by atoms with E-state index in [1.54, 1.807) is 36.4 Å². The molecule has 0 atom stereocenters. The Balaban J connectivity index is 1.54. The van der Waals surface area contributed by atoms with Gasteiger partial charge in [-0.3, -0.25) is 14.9 Å². The molecule has 0 saturated carbocycles. The average Bonchev–Trinajstić information content (AvgIpc) is 2.73. The first-order valence-electron chi connectivity index (χ1n) is 8.31. The van der Waals surface area contributed by atoms with Crippen molar-refractivity contribution in [1.82, 2.24) is 0 Å². The van der Waals surface area contributed by atoms with Gasteiger partial charge < -0.3 is 9.47 Å². The van der Waals surface area contributed by atoms with Gasteiger partial charge in [-0.15, -0.1) is 0 Å². The summed E-state index contributed by atoms with van der Waals surface area (Å²) in [5, 5.41) is 10.6. The number of non-ortho nitro benzene ring substituents is 1. The maximum atomic E-state index is 12.3. The van der Waals surface area contributed by atoms with Crippen LogP contribution in [0.1, 0.15) is 15.9 Å². The van der Waals surface area contributed by atoms with E-state index in [1.807, 2.05) is 6.07 Å². The van der Waals surface area contributed by atoms with Crippen molar-refractivity contribution >= 4 is 17.4 Å². The summed E-state index contributed by atoms with van der Waals surface area (Å²) >= 11 is 0. The third-order valence-electron chi connectivity index (χ3n) is 3.79. The molecule has 0 radical (unpaired) electrons. The number of hydrogen-bond acceptors (Lipinski definition) is 6. The number of carbonyl (C=O) groups is 2. The molecule has 0 amide bonds. The molecule has 28 heavy (non-hydrogen) atoms. The van der Waals surface area contributed by atoms with Crippen LogP contribution in [-0.4, -0.2) is 23.3 Å². The van der Waals surface area contributed by atoms with Gasteiger partial charge in [0.15, 0.2) is 12.4 Å². The fourth-order valence-corrected chi connectivity index (χ4v) is 2.40. The van der Waals surface area contributed by atoms with Crippen molar-refractivity contribution in [1.29, 1.82) is 0 Å². The average molecular weight is 377 g/mol. The van der Waals surface area contributed by atoms with E-state index in [9.17, 15) is 19.7 Å². The van der Waals surface area contributed by atoms with E-state index in [0.29, 0.717) is 16.9 Å². The van der Waals surface area contributed by atoms with Crippen molar-refractivity contribution in [2.45, 2.75) is 0 Å². The molecular weight excluding hydrogens is 362 g/mol. The molecule has 7 heteroatoms. The third kappa shape index (κ3) is 4.79. The van der Waals surface area contributed by atoms with Gasteiger partial charge in [0.2, 0.25) is 0 Å². The molecule has 0 bridgehead atoms. The monoisotopic (exact) mass is 377 g/mol. The van der Waals surface area contributed by atoms with E-state index in [1.165, 1.54) is 36.4 Å². The zero-order chi connectivity index (χ0) is 19.9. The van der Waals surface area contributed by atoms with Crippen molar-refractivity contribution in [3.63, 3.8) is 0 Å². The molecule has 3 aromatic rings. The van der Waals surface area contributed by atoms with Gasteiger partial charge >= 0.3 is 5.97 Å². The highest BCUT2D eigenvalue weighted by Gasteiger charge is 2.11. The maximum Gasteiger partial charge on any atom is 0.349 e. The van der Waals surface area contributed by atoms with Gasteiger partial charge in [-0.2, -0.15) is 0 Å². The topological polar surface area (TPSA) is 95.7 Å². The summed E-state index contributed by atoms with van der Waals surface area (Å²) in [4.78, 5) is 34.3. The quantitative estimate of drug-likeness (QED) is 0.204. The van der Waals surface area contributed by atoms with Crippen molar-refractivity contribution in [2.75, 3.05) is 6.61 Å². The first-order valence-corrected chi connectivity index (χ1v) is 8.31. The molecule has 0 N–H and O–H groups in total. The Morgan fingerprint density at radius 1 is 0.786 bits per heavy atom. The number of nitro benzene ring substituents is 1. The van der Waals surface area contributed by atoms with Crippen LogP contribution in [0.2, 0.25) is 0 Å². The standard InChI is InChI=1S/C21H15NO6/c23-20(14-27-18-12-8-17(9-13-18)22(25)26)28-19-10-6-16(7-11-19)21(24)15-4-2-1-3-5-15/h1-13H,14H2. The normalized spacial score (nSPS) is 10.1. The lowest BCUT2D eigenvalue weighted by atomic mass is 10.0. The Hall–Kier alpha value is -4.00. The zero-order valence-electron chi connectivity index (χ0n) is 14.6. The van der Waals surface area contributed by atoms with E-state index >= 15 is 0 Å². The molecule has 0 unspecified atom stereocenters. The summed E-state index contributed by atoms with van der Waals surface area (Å²) in [5.41, 5.74) is 0.983. The smallest absolute Gasteiger partial charge is 0.349 e. The zero-order valence-corrected chi connectivity index (χ0v) is 14.6. The van der Waals surface area contributed by atoms with Crippen LogP contribution in [-0.2, 0) is 4.79 Å². The maximum absolute atomic E-state index is 12.3.